The zero-order valence-corrected chi connectivity index (χ0v) is 13.8. The SMILES string of the molecule is COc1cc(C(=O)N2CCCC(C)(C(=O)O)C2)cc2c1OCCO2. The van der Waals surface area contributed by atoms with E-state index in [0.717, 1.165) is 0 Å². The van der Waals surface area contributed by atoms with Crippen molar-refractivity contribution in [2.75, 3.05) is 33.4 Å². The number of hydrogen-bond donors (Lipinski definition) is 1. The van der Waals surface area contributed by atoms with Crippen LogP contribution in [0.25, 0.3) is 0 Å². The molecule has 0 aromatic heterocycles. The monoisotopic (exact) mass is 335 g/mol. The molecule has 0 spiro atoms. The lowest BCUT2D eigenvalue weighted by atomic mass is 9.82. The number of carbonyl (C=O) groups excluding carboxylic acids is 1. The van der Waals surface area contributed by atoms with Gasteiger partial charge in [0.05, 0.1) is 12.5 Å². The number of piperidine rings is 1. The topological polar surface area (TPSA) is 85.3 Å². The van der Waals surface area contributed by atoms with Gasteiger partial charge in [-0.15, -0.1) is 0 Å². The number of benzene rings is 1. The van der Waals surface area contributed by atoms with Crippen LogP contribution in [0.4, 0.5) is 0 Å². The normalized spacial score (nSPS) is 22.8. The number of likely N-dealkylation sites (tertiary alicyclic amines) is 1. The molecule has 1 aromatic carbocycles. The molecule has 1 aromatic rings. The maximum Gasteiger partial charge on any atom is 0.311 e. The van der Waals surface area contributed by atoms with E-state index < -0.39 is 11.4 Å². The predicted molar refractivity (Wildman–Crippen MR) is 84.9 cm³/mol. The molecule has 1 unspecified atom stereocenters. The summed E-state index contributed by atoms with van der Waals surface area (Å²) in [7, 11) is 1.50. The Morgan fingerprint density at radius 1 is 1.29 bits per heavy atom. The summed E-state index contributed by atoms with van der Waals surface area (Å²) in [5.41, 5.74) is -0.503. The number of methoxy groups -OCH3 is 1. The zero-order valence-electron chi connectivity index (χ0n) is 13.8. The molecular formula is C17H21NO6. The highest BCUT2D eigenvalue weighted by atomic mass is 16.6. The minimum atomic E-state index is -0.911. The molecule has 130 valence electrons. The van der Waals surface area contributed by atoms with Crippen molar-refractivity contribution in [3.8, 4) is 17.2 Å². The molecular weight excluding hydrogens is 314 g/mol. The Morgan fingerprint density at radius 3 is 2.75 bits per heavy atom. The quantitative estimate of drug-likeness (QED) is 0.906. The second-order valence-corrected chi connectivity index (χ2v) is 6.40. The number of carboxylic acids is 1. The summed E-state index contributed by atoms with van der Waals surface area (Å²) in [5, 5.41) is 9.41. The molecule has 0 radical (unpaired) electrons. The first-order valence-electron chi connectivity index (χ1n) is 7.95. The van der Waals surface area contributed by atoms with E-state index in [1.807, 2.05) is 0 Å². The Hall–Kier alpha value is -2.44. The largest absolute Gasteiger partial charge is 0.493 e. The van der Waals surface area contributed by atoms with Crippen LogP contribution in [0, 0.1) is 5.41 Å². The number of aliphatic carboxylic acids is 1. The van der Waals surface area contributed by atoms with Crippen LogP contribution in [0.1, 0.15) is 30.1 Å². The highest BCUT2D eigenvalue weighted by molar-refractivity contribution is 5.96. The fourth-order valence-electron chi connectivity index (χ4n) is 3.17. The van der Waals surface area contributed by atoms with Crippen molar-refractivity contribution >= 4 is 11.9 Å². The summed E-state index contributed by atoms with van der Waals surface area (Å²) >= 11 is 0. The number of amides is 1. The molecule has 1 amide bonds. The van der Waals surface area contributed by atoms with Crippen LogP contribution in [0.15, 0.2) is 12.1 Å². The van der Waals surface area contributed by atoms with Crippen molar-refractivity contribution in [2.24, 2.45) is 5.41 Å². The van der Waals surface area contributed by atoms with E-state index in [-0.39, 0.29) is 12.5 Å². The number of fused-ring (bicyclic) bond motifs is 1. The summed E-state index contributed by atoms with van der Waals surface area (Å²) in [6.45, 7) is 3.25. The third-order valence-electron chi connectivity index (χ3n) is 4.57. The van der Waals surface area contributed by atoms with Gasteiger partial charge in [0.2, 0.25) is 5.75 Å². The standard InChI is InChI=1S/C17H21NO6/c1-17(16(20)21)4-3-5-18(10-17)15(19)11-8-12(22-2)14-13(9-11)23-6-7-24-14/h8-9H,3-7,10H2,1-2H3,(H,20,21). The molecule has 24 heavy (non-hydrogen) atoms. The highest BCUT2D eigenvalue weighted by Gasteiger charge is 2.39. The van der Waals surface area contributed by atoms with E-state index >= 15 is 0 Å². The molecule has 0 bridgehead atoms. The summed E-state index contributed by atoms with van der Waals surface area (Å²) in [6.07, 6.45) is 1.23. The summed E-state index contributed by atoms with van der Waals surface area (Å²) in [6, 6.07) is 3.24. The number of carboxylic acid groups (broad SMARTS) is 1. The first kappa shape index (κ1) is 16.4. The molecule has 1 fully saturated rings. The molecule has 1 saturated heterocycles. The number of rotatable bonds is 3. The first-order valence-corrected chi connectivity index (χ1v) is 7.95. The molecule has 2 aliphatic heterocycles. The van der Waals surface area contributed by atoms with Gasteiger partial charge in [0, 0.05) is 18.7 Å². The number of nitrogens with zero attached hydrogens (tertiary/aromatic N) is 1. The molecule has 0 saturated carbocycles. The van der Waals surface area contributed by atoms with E-state index in [2.05, 4.69) is 0 Å². The van der Waals surface area contributed by atoms with Crippen molar-refractivity contribution in [1.82, 2.24) is 4.90 Å². The second kappa shape index (κ2) is 6.22. The van der Waals surface area contributed by atoms with Crippen molar-refractivity contribution in [2.45, 2.75) is 19.8 Å². The van der Waals surface area contributed by atoms with Gasteiger partial charge >= 0.3 is 5.97 Å². The smallest absolute Gasteiger partial charge is 0.311 e. The Morgan fingerprint density at radius 2 is 2.04 bits per heavy atom. The van der Waals surface area contributed by atoms with Gasteiger partial charge in [-0.25, -0.2) is 0 Å². The van der Waals surface area contributed by atoms with Crippen molar-refractivity contribution < 1.29 is 28.9 Å². The average Bonchev–Trinajstić information content (AvgIpc) is 2.60. The molecule has 7 heteroatoms. The Bertz CT molecular complexity index is 656. The maximum absolute atomic E-state index is 12.8. The molecule has 2 aliphatic rings. The predicted octanol–water partition coefficient (Wildman–Crippen LogP) is 1.79. The van der Waals surface area contributed by atoms with Crippen LogP contribution in [0.2, 0.25) is 0 Å². The van der Waals surface area contributed by atoms with Crippen LogP contribution in [-0.4, -0.2) is 55.3 Å². The second-order valence-electron chi connectivity index (χ2n) is 6.40. The fraction of sp³-hybridized carbons (Fsp3) is 0.529. The van der Waals surface area contributed by atoms with Crippen molar-refractivity contribution in [3.05, 3.63) is 17.7 Å². The van der Waals surface area contributed by atoms with Gasteiger partial charge in [-0.05, 0) is 31.9 Å². The van der Waals surface area contributed by atoms with Crippen molar-refractivity contribution in [3.63, 3.8) is 0 Å². The van der Waals surface area contributed by atoms with E-state index in [9.17, 15) is 14.7 Å². The van der Waals surface area contributed by atoms with E-state index in [1.165, 1.54) is 7.11 Å². The summed E-state index contributed by atoms with van der Waals surface area (Å²) in [5.74, 6) is 0.307. The van der Waals surface area contributed by atoms with Gasteiger partial charge in [-0.2, -0.15) is 0 Å². The minimum absolute atomic E-state index is 0.192. The number of hydrogen-bond acceptors (Lipinski definition) is 5. The highest BCUT2D eigenvalue weighted by Crippen LogP contribution is 2.41. The Labute approximate surface area is 140 Å². The van der Waals surface area contributed by atoms with Gasteiger partial charge in [-0.1, -0.05) is 0 Å². The molecule has 3 rings (SSSR count). The molecule has 7 nitrogen and oxygen atoms in total. The van der Waals surface area contributed by atoms with Crippen LogP contribution in [0.5, 0.6) is 17.2 Å². The lowest BCUT2D eigenvalue weighted by molar-refractivity contribution is -0.150. The van der Waals surface area contributed by atoms with Crippen LogP contribution in [0.3, 0.4) is 0 Å². The summed E-state index contributed by atoms with van der Waals surface area (Å²) < 4.78 is 16.4. The van der Waals surface area contributed by atoms with Crippen molar-refractivity contribution in [1.29, 1.82) is 0 Å². The molecule has 1 atom stereocenters. The molecule has 1 N–H and O–H groups in total. The minimum Gasteiger partial charge on any atom is -0.493 e. The van der Waals surface area contributed by atoms with Crippen LogP contribution in [-0.2, 0) is 4.79 Å². The van der Waals surface area contributed by atoms with Gasteiger partial charge in [-0.3, -0.25) is 9.59 Å². The maximum atomic E-state index is 12.8. The van der Waals surface area contributed by atoms with Gasteiger partial charge in [0.15, 0.2) is 11.5 Å². The zero-order chi connectivity index (χ0) is 17.3. The number of ether oxygens (including phenoxy) is 3. The van der Waals surface area contributed by atoms with Gasteiger partial charge in [0.25, 0.3) is 5.91 Å². The first-order chi connectivity index (χ1) is 11.4. The third kappa shape index (κ3) is 2.86. The lowest BCUT2D eigenvalue weighted by Gasteiger charge is -2.37. The van der Waals surface area contributed by atoms with E-state index in [1.54, 1.807) is 24.0 Å². The van der Waals surface area contributed by atoms with Crippen LogP contribution >= 0.6 is 0 Å². The van der Waals surface area contributed by atoms with E-state index in [4.69, 9.17) is 14.2 Å². The lowest BCUT2D eigenvalue weighted by Crippen LogP contribution is -2.48. The van der Waals surface area contributed by atoms with Gasteiger partial charge < -0.3 is 24.2 Å². The average molecular weight is 335 g/mol. The molecule has 2 heterocycles. The fourth-order valence-corrected chi connectivity index (χ4v) is 3.17. The summed E-state index contributed by atoms with van der Waals surface area (Å²) in [4.78, 5) is 25.9. The third-order valence-corrected chi connectivity index (χ3v) is 4.57. The number of carbonyl (C=O) groups is 2. The van der Waals surface area contributed by atoms with Crippen LogP contribution < -0.4 is 14.2 Å². The Balaban J connectivity index is 1.88. The Kier molecular flexibility index (Phi) is 4.26. The van der Waals surface area contributed by atoms with E-state index in [0.29, 0.717) is 55.4 Å². The van der Waals surface area contributed by atoms with Gasteiger partial charge in [0.1, 0.15) is 13.2 Å². The molecule has 0 aliphatic carbocycles.